The number of hydrogen-bond acceptors (Lipinski definition) is 2. The summed E-state index contributed by atoms with van der Waals surface area (Å²) in [4.78, 5) is 9.52. The maximum atomic E-state index is 9.52. The molecule has 0 fully saturated rings. The molecule has 0 saturated carbocycles. The first-order chi connectivity index (χ1) is 3.31. The number of terminal acetylenes is 1. The Hall–Kier alpha value is -0.420. The van der Waals surface area contributed by atoms with Gasteiger partial charge in [-0.15, -0.1) is 6.42 Å². The second-order valence-electron chi connectivity index (χ2n) is 1.01. The highest BCUT2D eigenvalue weighted by Crippen LogP contribution is 2.01. The Morgan fingerprint density at radius 2 is 2.43 bits per heavy atom. The minimum atomic E-state index is -0.0301. The van der Waals surface area contributed by atoms with Crippen LogP contribution in [0, 0.1) is 12.3 Å². The van der Waals surface area contributed by atoms with Crippen LogP contribution in [0.2, 0.25) is 0 Å². The van der Waals surface area contributed by atoms with Crippen LogP contribution in [0.4, 0.5) is 0 Å². The molecule has 2 heteroatoms. The van der Waals surface area contributed by atoms with E-state index in [-0.39, 0.29) is 5.25 Å². The van der Waals surface area contributed by atoms with Gasteiger partial charge in [0, 0.05) is 0 Å². The topological polar surface area (TPSA) is 17.1 Å². The number of rotatable bonds is 2. The molecule has 0 aromatic carbocycles. The quantitative estimate of drug-likeness (QED) is 0.493. The molecule has 0 aromatic heterocycles. The zero-order valence-corrected chi connectivity index (χ0v) is 4.79. The van der Waals surface area contributed by atoms with E-state index in [1.165, 1.54) is 0 Å². The van der Waals surface area contributed by atoms with Gasteiger partial charge in [0.05, 0.1) is 5.25 Å². The summed E-state index contributed by atoms with van der Waals surface area (Å²) in [6, 6.07) is 0. The van der Waals surface area contributed by atoms with Gasteiger partial charge in [-0.2, -0.15) is 0 Å². The van der Waals surface area contributed by atoms with E-state index >= 15 is 0 Å². The second kappa shape index (κ2) is 3.76. The molecular weight excluding hydrogens is 108 g/mol. The van der Waals surface area contributed by atoms with Crippen molar-refractivity contribution in [1.82, 2.24) is 0 Å². The zero-order chi connectivity index (χ0) is 5.70. The Balaban J connectivity index is 3.21. The molecule has 0 spiro atoms. The molecule has 1 unspecified atom stereocenters. The van der Waals surface area contributed by atoms with E-state index in [1.54, 1.807) is 12.5 Å². The van der Waals surface area contributed by atoms with Gasteiger partial charge in [-0.25, -0.2) is 0 Å². The van der Waals surface area contributed by atoms with Gasteiger partial charge in [-0.1, -0.05) is 17.7 Å². The van der Waals surface area contributed by atoms with Gasteiger partial charge < -0.3 is 0 Å². The summed E-state index contributed by atoms with van der Waals surface area (Å²) in [7, 11) is 0. The lowest BCUT2D eigenvalue weighted by Crippen LogP contribution is -1.87. The standard InChI is InChI=1S/C5H5OS/c1-3-5(2)7-4-6/h1,5H,2H3. The summed E-state index contributed by atoms with van der Waals surface area (Å²) in [5.41, 5.74) is 1.64. The van der Waals surface area contributed by atoms with Gasteiger partial charge in [0.1, 0.15) is 0 Å². The highest BCUT2D eigenvalue weighted by Gasteiger charge is 1.92. The van der Waals surface area contributed by atoms with Crippen LogP contribution in [0.3, 0.4) is 0 Å². The molecular formula is C5H5OS. The molecule has 1 radical (unpaired) electrons. The van der Waals surface area contributed by atoms with Crippen molar-refractivity contribution in [2.45, 2.75) is 12.2 Å². The average molecular weight is 113 g/mol. The molecule has 0 amide bonds. The molecule has 0 aliphatic carbocycles. The van der Waals surface area contributed by atoms with Gasteiger partial charge in [0.15, 0.2) is 0 Å². The molecule has 0 aromatic rings. The predicted octanol–water partition coefficient (Wildman–Crippen LogP) is 0.808. The lowest BCUT2D eigenvalue weighted by molar-refractivity contribution is 0.570. The van der Waals surface area contributed by atoms with Crippen molar-refractivity contribution in [3.8, 4) is 12.3 Å². The summed E-state index contributed by atoms with van der Waals surface area (Å²) in [6.07, 6.45) is 4.91. The molecule has 0 aliphatic heterocycles. The minimum absolute atomic E-state index is 0.0301. The highest BCUT2D eigenvalue weighted by molar-refractivity contribution is 8.12. The Bertz CT molecular complexity index is 92.7. The van der Waals surface area contributed by atoms with Crippen LogP contribution in [-0.4, -0.2) is 10.9 Å². The molecule has 1 atom stereocenters. The van der Waals surface area contributed by atoms with E-state index in [4.69, 9.17) is 6.42 Å². The molecule has 0 rings (SSSR count). The number of thioether (sulfide) groups is 1. The summed E-state index contributed by atoms with van der Waals surface area (Å²) >= 11 is 0.990. The minimum Gasteiger partial charge on any atom is -0.277 e. The third kappa shape index (κ3) is 3.41. The van der Waals surface area contributed by atoms with Gasteiger partial charge in [-0.05, 0) is 6.92 Å². The van der Waals surface area contributed by atoms with Gasteiger partial charge in [0.25, 0.3) is 5.62 Å². The van der Waals surface area contributed by atoms with Crippen molar-refractivity contribution in [2.24, 2.45) is 0 Å². The first kappa shape index (κ1) is 6.58. The van der Waals surface area contributed by atoms with Crippen LogP contribution in [0.1, 0.15) is 6.92 Å². The van der Waals surface area contributed by atoms with E-state index in [0.717, 1.165) is 11.8 Å². The normalized spacial score (nSPS) is 12.0. The summed E-state index contributed by atoms with van der Waals surface area (Å²) in [6.45, 7) is 1.77. The fourth-order valence-electron chi connectivity index (χ4n) is 0.106. The molecule has 0 N–H and O–H groups in total. The van der Waals surface area contributed by atoms with Crippen molar-refractivity contribution in [1.29, 1.82) is 0 Å². The summed E-state index contributed by atoms with van der Waals surface area (Å²) in [5.74, 6) is 2.37. The van der Waals surface area contributed by atoms with Crippen molar-refractivity contribution in [2.75, 3.05) is 0 Å². The first-order valence-corrected chi connectivity index (χ1v) is 2.68. The average Bonchev–Trinajstić information content (AvgIpc) is 1.68. The van der Waals surface area contributed by atoms with Crippen molar-refractivity contribution in [3.63, 3.8) is 0 Å². The predicted molar refractivity (Wildman–Crippen MR) is 31.6 cm³/mol. The smallest absolute Gasteiger partial charge is 0.267 e. The maximum absolute atomic E-state index is 9.52. The second-order valence-corrected chi connectivity index (χ2v) is 2.12. The van der Waals surface area contributed by atoms with E-state index in [9.17, 15) is 4.79 Å². The van der Waals surface area contributed by atoms with Gasteiger partial charge in [-0.3, -0.25) is 4.79 Å². The Kier molecular flexibility index (Phi) is 3.53. The largest absolute Gasteiger partial charge is 0.277 e. The van der Waals surface area contributed by atoms with Crippen LogP contribution in [0.25, 0.3) is 0 Å². The van der Waals surface area contributed by atoms with E-state index in [2.05, 4.69) is 5.92 Å². The molecule has 0 heterocycles. The Morgan fingerprint density at radius 1 is 1.86 bits per heavy atom. The maximum Gasteiger partial charge on any atom is 0.267 e. The molecule has 0 bridgehead atoms. The third-order valence-corrected chi connectivity index (χ3v) is 1.05. The van der Waals surface area contributed by atoms with Crippen LogP contribution < -0.4 is 0 Å². The molecule has 37 valence electrons. The number of hydrogen-bond donors (Lipinski definition) is 0. The Labute approximate surface area is 47.5 Å². The highest BCUT2D eigenvalue weighted by atomic mass is 32.2. The lowest BCUT2D eigenvalue weighted by atomic mass is 10.5. The van der Waals surface area contributed by atoms with Crippen molar-refractivity contribution >= 4 is 17.4 Å². The van der Waals surface area contributed by atoms with Crippen LogP contribution in [0.15, 0.2) is 0 Å². The SMILES string of the molecule is C#CC(C)S[C]=O. The van der Waals surface area contributed by atoms with Crippen LogP contribution in [-0.2, 0) is 4.79 Å². The zero-order valence-electron chi connectivity index (χ0n) is 3.97. The third-order valence-electron chi connectivity index (χ3n) is 0.460. The fourth-order valence-corrected chi connectivity index (χ4v) is 0.319. The molecule has 0 aliphatic rings. The van der Waals surface area contributed by atoms with Crippen molar-refractivity contribution in [3.05, 3.63) is 0 Å². The van der Waals surface area contributed by atoms with E-state index < -0.39 is 0 Å². The monoisotopic (exact) mass is 113 g/mol. The molecule has 0 saturated heterocycles. The fraction of sp³-hybridized carbons (Fsp3) is 0.400. The molecule has 1 nitrogen and oxygen atoms in total. The Morgan fingerprint density at radius 3 is 2.57 bits per heavy atom. The van der Waals surface area contributed by atoms with Crippen LogP contribution >= 0.6 is 11.8 Å². The number of carbonyl (C=O) groups excluding carboxylic acids is 1. The molecule has 7 heavy (non-hydrogen) atoms. The lowest BCUT2D eigenvalue weighted by Gasteiger charge is -1.88. The van der Waals surface area contributed by atoms with Gasteiger partial charge in [0.2, 0.25) is 0 Å². The summed E-state index contributed by atoms with van der Waals surface area (Å²) < 4.78 is 0. The van der Waals surface area contributed by atoms with Crippen LogP contribution in [0.5, 0.6) is 0 Å². The van der Waals surface area contributed by atoms with Gasteiger partial charge >= 0.3 is 0 Å². The first-order valence-electron chi connectivity index (χ1n) is 1.80. The van der Waals surface area contributed by atoms with Crippen molar-refractivity contribution < 1.29 is 4.79 Å². The van der Waals surface area contributed by atoms with E-state index in [0.29, 0.717) is 0 Å². The van der Waals surface area contributed by atoms with E-state index in [1.807, 2.05) is 0 Å². The summed E-state index contributed by atoms with van der Waals surface area (Å²) in [5, 5.41) is -0.0301.